The predicted molar refractivity (Wildman–Crippen MR) is 95.1 cm³/mol. The lowest BCUT2D eigenvalue weighted by atomic mass is 10.1. The van der Waals surface area contributed by atoms with E-state index in [1.54, 1.807) is 6.20 Å². The lowest BCUT2D eigenvalue weighted by Gasteiger charge is -2.08. The van der Waals surface area contributed by atoms with Gasteiger partial charge in [-0.2, -0.15) is 0 Å². The molecule has 0 radical (unpaired) electrons. The smallest absolute Gasteiger partial charge is 0.130 e. The number of nitrogens with one attached hydrogen (secondary N) is 1. The maximum atomic E-state index is 5.56. The topological polar surface area (TPSA) is 50.9 Å². The van der Waals surface area contributed by atoms with Gasteiger partial charge in [0.05, 0.1) is 0 Å². The van der Waals surface area contributed by atoms with Crippen LogP contribution >= 0.6 is 28.1 Å². The number of hydrogen-bond donors (Lipinski definition) is 2. The van der Waals surface area contributed by atoms with Crippen molar-refractivity contribution in [2.75, 3.05) is 5.32 Å². The number of nitrogens with zero attached hydrogens (tertiary/aromatic N) is 1. The van der Waals surface area contributed by atoms with Crippen LogP contribution in [0.25, 0.3) is 10.8 Å². The van der Waals surface area contributed by atoms with E-state index in [-0.39, 0.29) is 0 Å². The van der Waals surface area contributed by atoms with Gasteiger partial charge in [0.15, 0.2) is 0 Å². The molecule has 5 heteroatoms. The van der Waals surface area contributed by atoms with Crippen LogP contribution in [0.3, 0.4) is 0 Å². The van der Waals surface area contributed by atoms with Gasteiger partial charge in [-0.1, -0.05) is 40.3 Å². The molecule has 0 unspecified atom stereocenters. The summed E-state index contributed by atoms with van der Waals surface area (Å²) in [4.78, 5) is 4.66. The number of halogens is 1. The number of benzene rings is 2. The number of aromatic nitrogens is 1. The van der Waals surface area contributed by atoms with E-state index < -0.39 is 0 Å². The van der Waals surface area contributed by atoms with Crippen LogP contribution in [0.15, 0.2) is 59.2 Å². The highest BCUT2D eigenvalue weighted by Gasteiger charge is 2.01. The highest BCUT2D eigenvalue weighted by atomic mass is 79.9. The summed E-state index contributed by atoms with van der Waals surface area (Å²) in [6.07, 6.45) is 1.67. The average Bonchev–Trinajstić information content (AvgIpc) is 2.48. The Hall–Kier alpha value is -1.98. The van der Waals surface area contributed by atoms with Crippen molar-refractivity contribution in [3.63, 3.8) is 0 Å². The Bertz CT molecular complexity index is 815. The van der Waals surface area contributed by atoms with Crippen LogP contribution in [0, 0.1) is 0 Å². The lowest BCUT2D eigenvalue weighted by Crippen LogP contribution is -2.09. The maximum Gasteiger partial charge on any atom is 0.130 e. The van der Waals surface area contributed by atoms with Crippen LogP contribution < -0.4 is 11.1 Å². The predicted octanol–water partition coefficient (Wildman–Crippen LogP) is 4.38. The van der Waals surface area contributed by atoms with Gasteiger partial charge in [0, 0.05) is 21.9 Å². The van der Waals surface area contributed by atoms with Gasteiger partial charge in [-0.3, -0.25) is 0 Å². The fourth-order valence-corrected chi connectivity index (χ4v) is 2.56. The van der Waals surface area contributed by atoms with E-state index in [1.165, 1.54) is 10.8 Å². The van der Waals surface area contributed by atoms with Gasteiger partial charge in [-0.25, -0.2) is 4.98 Å². The molecule has 0 bridgehead atoms. The number of thiocarbonyl (C=S) groups is 1. The molecule has 0 saturated carbocycles. The Morgan fingerprint density at radius 2 is 1.81 bits per heavy atom. The molecule has 3 aromatic rings. The summed E-state index contributed by atoms with van der Waals surface area (Å²) in [5.74, 6) is 0.756. The highest BCUT2D eigenvalue weighted by Crippen LogP contribution is 2.24. The zero-order valence-electron chi connectivity index (χ0n) is 11.0. The first-order valence-corrected chi connectivity index (χ1v) is 7.54. The number of nitrogens with two attached hydrogens (primary N) is 1. The summed E-state index contributed by atoms with van der Waals surface area (Å²) in [5, 5.41) is 5.63. The maximum absolute atomic E-state index is 5.56. The number of anilines is 2. The highest BCUT2D eigenvalue weighted by molar-refractivity contribution is 9.10. The molecule has 3 N–H and O–H groups in total. The third-order valence-corrected chi connectivity index (χ3v) is 3.85. The molecule has 0 aliphatic rings. The summed E-state index contributed by atoms with van der Waals surface area (Å²) < 4.78 is 1.07. The van der Waals surface area contributed by atoms with Crippen molar-refractivity contribution in [2.45, 2.75) is 0 Å². The normalized spacial score (nSPS) is 10.5. The standard InChI is InChI=1S/C16H12BrN3S/c17-13-4-1-11-8-14(5-2-10(11)7-13)20-15-6-3-12(9-19-15)16(18)21/h1-9H,(H2,18,21)(H,19,20). The molecule has 104 valence electrons. The van der Waals surface area contributed by atoms with E-state index >= 15 is 0 Å². The molecule has 3 rings (SSSR count). The van der Waals surface area contributed by atoms with Crippen molar-refractivity contribution in [1.82, 2.24) is 4.98 Å². The molecular weight excluding hydrogens is 346 g/mol. The molecule has 0 atom stereocenters. The van der Waals surface area contributed by atoms with Crippen LogP contribution in [-0.4, -0.2) is 9.97 Å². The average molecular weight is 358 g/mol. The minimum atomic E-state index is 0.352. The number of pyridine rings is 1. The Morgan fingerprint density at radius 3 is 2.52 bits per heavy atom. The minimum Gasteiger partial charge on any atom is -0.389 e. The largest absolute Gasteiger partial charge is 0.389 e. The molecule has 0 aliphatic heterocycles. The van der Waals surface area contributed by atoms with Gasteiger partial charge in [-0.05, 0) is 47.2 Å². The van der Waals surface area contributed by atoms with E-state index in [9.17, 15) is 0 Å². The third-order valence-electron chi connectivity index (χ3n) is 3.12. The molecule has 0 fully saturated rings. The molecule has 0 aliphatic carbocycles. The van der Waals surface area contributed by atoms with Crippen LogP contribution in [0.4, 0.5) is 11.5 Å². The SMILES string of the molecule is NC(=S)c1ccc(Nc2ccc3cc(Br)ccc3c2)nc1. The van der Waals surface area contributed by atoms with Crippen LogP contribution in [0.5, 0.6) is 0 Å². The van der Waals surface area contributed by atoms with Crippen molar-refractivity contribution >= 4 is 55.4 Å². The summed E-state index contributed by atoms with van der Waals surface area (Å²) in [6.45, 7) is 0. The molecule has 3 nitrogen and oxygen atoms in total. The second kappa shape index (κ2) is 5.79. The van der Waals surface area contributed by atoms with Crippen molar-refractivity contribution < 1.29 is 0 Å². The van der Waals surface area contributed by atoms with Crippen molar-refractivity contribution in [2.24, 2.45) is 5.73 Å². The van der Waals surface area contributed by atoms with Crippen molar-refractivity contribution in [3.8, 4) is 0 Å². The van der Waals surface area contributed by atoms with Gasteiger partial charge in [0.1, 0.15) is 10.8 Å². The second-order valence-corrected chi connectivity index (χ2v) is 5.98. The van der Waals surface area contributed by atoms with E-state index in [0.717, 1.165) is 21.5 Å². The first-order chi connectivity index (χ1) is 10.1. The van der Waals surface area contributed by atoms with Crippen molar-refractivity contribution in [3.05, 3.63) is 64.8 Å². The van der Waals surface area contributed by atoms with Gasteiger partial charge >= 0.3 is 0 Å². The van der Waals surface area contributed by atoms with Crippen molar-refractivity contribution in [1.29, 1.82) is 0 Å². The summed E-state index contributed by atoms with van der Waals surface area (Å²) in [6, 6.07) is 16.1. The Labute approximate surface area is 136 Å². The first kappa shape index (κ1) is 14.0. The molecule has 1 heterocycles. The Balaban J connectivity index is 1.87. The van der Waals surface area contributed by atoms with E-state index in [1.807, 2.05) is 24.3 Å². The molecular formula is C16H12BrN3S. The minimum absolute atomic E-state index is 0.352. The Kier molecular flexibility index (Phi) is 3.86. The zero-order valence-corrected chi connectivity index (χ0v) is 13.4. The summed E-state index contributed by atoms with van der Waals surface area (Å²) >= 11 is 8.39. The van der Waals surface area contributed by atoms with Gasteiger partial charge in [-0.15, -0.1) is 0 Å². The molecule has 0 saturated heterocycles. The fourth-order valence-electron chi connectivity index (χ4n) is 2.06. The monoisotopic (exact) mass is 357 g/mol. The van der Waals surface area contributed by atoms with E-state index in [2.05, 4.69) is 50.5 Å². The van der Waals surface area contributed by atoms with Crippen LogP contribution in [0.2, 0.25) is 0 Å². The van der Waals surface area contributed by atoms with E-state index in [0.29, 0.717) is 4.99 Å². The fraction of sp³-hybridized carbons (Fsp3) is 0. The van der Waals surface area contributed by atoms with Crippen LogP contribution in [-0.2, 0) is 0 Å². The second-order valence-electron chi connectivity index (χ2n) is 4.63. The summed E-state index contributed by atoms with van der Waals surface area (Å²) in [7, 11) is 0. The third kappa shape index (κ3) is 3.20. The lowest BCUT2D eigenvalue weighted by molar-refractivity contribution is 1.30. The Morgan fingerprint density at radius 1 is 1.05 bits per heavy atom. The van der Waals surface area contributed by atoms with Gasteiger partial charge in [0.2, 0.25) is 0 Å². The van der Waals surface area contributed by atoms with E-state index in [4.69, 9.17) is 18.0 Å². The number of hydrogen-bond acceptors (Lipinski definition) is 3. The number of fused-ring (bicyclic) bond motifs is 1. The molecule has 21 heavy (non-hydrogen) atoms. The first-order valence-electron chi connectivity index (χ1n) is 6.34. The molecule has 0 spiro atoms. The molecule has 1 aromatic heterocycles. The molecule has 2 aromatic carbocycles. The van der Waals surface area contributed by atoms with Gasteiger partial charge < -0.3 is 11.1 Å². The van der Waals surface area contributed by atoms with Gasteiger partial charge in [0.25, 0.3) is 0 Å². The quantitative estimate of drug-likeness (QED) is 0.683. The molecule has 0 amide bonds. The zero-order chi connectivity index (χ0) is 14.8. The number of rotatable bonds is 3. The summed E-state index contributed by atoms with van der Waals surface area (Å²) in [5.41, 5.74) is 7.31. The van der Waals surface area contributed by atoms with Crippen LogP contribution in [0.1, 0.15) is 5.56 Å².